The van der Waals surface area contributed by atoms with E-state index in [4.69, 9.17) is 0 Å². The van der Waals surface area contributed by atoms with Crippen LogP contribution in [0.25, 0.3) is 10.9 Å². The zero-order valence-electron chi connectivity index (χ0n) is 13.7. The van der Waals surface area contributed by atoms with E-state index in [1.807, 2.05) is 30.3 Å². The molecule has 1 fully saturated rings. The number of rotatable bonds is 5. The van der Waals surface area contributed by atoms with Crippen LogP contribution in [0.3, 0.4) is 0 Å². The molecule has 25 heavy (non-hydrogen) atoms. The van der Waals surface area contributed by atoms with Crippen molar-refractivity contribution in [1.29, 1.82) is 0 Å². The van der Waals surface area contributed by atoms with Gasteiger partial charge in [-0.25, -0.2) is 0 Å². The van der Waals surface area contributed by atoms with Crippen LogP contribution in [-0.2, 0) is 11.3 Å². The summed E-state index contributed by atoms with van der Waals surface area (Å²) in [6.07, 6.45) is -3.44. The normalized spacial score (nSPS) is 17.8. The minimum atomic E-state index is -4.32. The van der Waals surface area contributed by atoms with E-state index in [1.54, 1.807) is 11.1 Å². The van der Waals surface area contributed by atoms with E-state index in [2.05, 4.69) is 10.3 Å². The molecule has 7 heteroatoms. The molecule has 1 aliphatic rings. The first-order valence-electron chi connectivity index (χ1n) is 8.33. The summed E-state index contributed by atoms with van der Waals surface area (Å²) in [6, 6.07) is 9.38. The molecule has 2 aromatic rings. The van der Waals surface area contributed by atoms with E-state index in [0.717, 1.165) is 29.4 Å². The van der Waals surface area contributed by atoms with Crippen LogP contribution < -0.4 is 5.32 Å². The van der Waals surface area contributed by atoms with Gasteiger partial charge >= 0.3 is 6.18 Å². The maximum atomic E-state index is 12.5. The highest BCUT2D eigenvalue weighted by Gasteiger charge is 2.32. The van der Waals surface area contributed by atoms with Crippen molar-refractivity contribution in [1.82, 2.24) is 15.2 Å². The van der Waals surface area contributed by atoms with Crippen molar-refractivity contribution in [3.8, 4) is 0 Å². The van der Waals surface area contributed by atoms with E-state index >= 15 is 0 Å². The number of halogens is 3. The summed E-state index contributed by atoms with van der Waals surface area (Å²) in [4.78, 5) is 18.3. The molecule has 2 heterocycles. The molecule has 134 valence electrons. The molecule has 3 rings (SSSR count). The number of benzene rings is 1. The van der Waals surface area contributed by atoms with E-state index in [9.17, 15) is 18.0 Å². The molecule has 1 aliphatic heterocycles. The molecular formula is C18H20F3N3O. The Kier molecular flexibility index (Phi) is 5.22. The third-order valence-electron chi connectivity index (χ3n) is 4.44. The third kappa shape index (κ3) is 4.69. The number of hydrogen-bond donors (Lipinski definition) is 1. The fraction of sp³-hybridized carbons (Fsp3) is 0.444. The number of alkyl halides is 3. The fourth-order valence-electron chi connectivity index (χ4n) is 3.14. The lowest BCUT2D eigenvalue weighted by Gasteiger charge is -2.29. The first-order valence-corrected chi connectivity index (χ1v) is 8.33. The summed E-state index contributed by atoms with van der Waals surface area (Å²) in [5, 5.41) is 4.12. The second kappa shape index (κ2) is 7.39. The number of carbonyl (C=O) groups is 1. The number of carbonyl (C=O) groups excluding carboxylic acids is 1. The predicted molar refractivity (Wildman–Crippen MR) is 88.9 cm³/mol. The maximum absolute atomic E-state index is 12.5. The van der Waals surface area contributed by atoms with Gasteiger partial charge < -0.3 is 10.2 Å². The molecule has 0 unspecified atom stereocenters. The Balaban J connectivity index is 1.77. The Bertz CT molecular complexity index is 742. The Morgan fingerprint density at radius 1 is 1.32 bits per heavy atom. The lowest BCUT2D eigenvalue weighted by Crippen LogP contribution is -2.41. The number of nitrogens with zero attached hydrogens (tertiary/aromatic N) is 2. The molecule has 0 aliphatic carbocycles. The molecule has 1 saturated heterocycles. The van der Waals surface area contributed by atoms with Gasteiger partial charge in [0.2, 0.25) is 5.91 Å². The predicted octanol–water partition coefficient (Wildman–Crippen LogP) is 3.27. The Labute approximate surface area is 144 Å². The van der Waals surface area contributed by atoms with Crippen molar-refractivity contribution < 1.29 is 18.0 Å². The van der Waals surface area contributed by atoms with Crippen molar-refractivity contribution in [2.45, 2.75) is 38.0 Å². The van der Waals surface area contributed by atoms with Gasteiger partial charge in [-0.1, -0.05) is 12.1 Å². The molecule has 1 N–H and O–H groups in total. The van der Waals surface area contributed by atoms with Gasteiger partial charge in [0, 0.05) is 37.1 Å². The van der Waals surface area contributed by atoms with Gasteiger partial charge in [0.05, 0.1) is 11.9 Å². The largest absolute Gasteiger partial charge is 0.389 e. The van der Waals surface area contributed by atoms with Crippen LogP contribution in [0, 0.1) is 0 Å². The third-order valence-corrected chi connectivity index (χ3v) is 4.44. The van der Waals surface area contributed by atoms with E-state index in [1.165, 1.54) is 0 Å². The summed E-state index contributed by atoms with van der Waals surface area (Å²) >= 11 is 0. The van der Waals surface area contributed by atoms with Gasteiger partial charge in [-0.15, -0.1) is 0 Å². The van der Waals surface area contributed by atoms with Crippen molar-refractivity contribution in [2.75, 3.05) is 13.1 Å². The van der Waals surface area contributed by atoms with Crippen LogP contribution in [0.15, 0.2) is 36.5 Å². The van der Waals surface area contributed by atoms with E-state index in [-0.39, 0.29) is 6.04 Å². The van der Waals surface area contributed by atoms with Crippen LogP contribution in [0.1, 0.15) is 24.8 Å². The zero-order chi connectivity index (χ0) is 17.9. The molecule has 0 spiro atoms. The molecule has 1 aromatic heterocycles. The summed E-state index contributed by atoms with van der Waals surface area (Å²) in [5.41, 5.74) is 1.75. The van der Waals surface area contributed by atoms with Crippen molar-refractivity contribution in [3.63, 3.8) is 0 Å². The highest BCUT2D eigenvalue weighted by Crippen LogP contribution is 2.24. The Morgan fingerprint density at radius 3 is 2.88 bits per heavy atom. The first kappa shape index (κ1) is 17.7. The number of aromatic nitrogens is 1. The fourth-order valence-corrected chi connectivity index (χ4v) is 3.14. The van der Waals surface area contributed by atoms with Crippen molar-refractivity contribution >= 4 is 16.8 Å². The second-order valence-electron chi connectivity index (χ2n) is 6.31. The molecule has 1 atom stereocenters. The highest BCUT2D eigenvalue weighted by atomic mass is 19.4. The van der Waals surface area contributed by atoms with Gasteiger partial charge in [0.25, 0.3) is 0 Å². The minimum absolute atomic E-state index is 0.0645. The average molecular weight is 351 g/mol. The quantitative estimate of drug-likeness (QED) is 0.899. The summed E-state index contributed by atoms with van der Waals surface area (Å²) < 4.78 is 37.4. The van der Waals surface area contributed by atoms with Crippen molar-refractivity contribution in [3.05, 3.63) is 42.1 Å². The summed E-state index contributed by atoms with van der Waals surface area (Å²) in [6.45, 7) is 1.70. The SMILES string of the molecule is O=C(CCC(F)(F)F)N(Cc1ccc2ncccc2c1)[C@H]1CCNC1. The van der Waals surface area contributed by atoms with Gasteiger partial charge in [0.15, 0.2) is 0 Å². The van der Waals surface area contributed by atoms with Gasteiger partial charge in [-0.05, 0) is 36.7 Å². The van der Waals surface area contributed by atoms with Crippen LogP contribution >= 0.6 is 0 Å². The van der Waals surface area contributed by atoms with Crippen LogP contribution in [0.5, 0.6) is 0 Å². The lowest BCUT2D eigenvalue weighted by molar-refractivity contribution is -0.150. The number of pyridine rings is 1. The first-order chi connectivity index (χ1) is 11.9. The molecule has 4 nitrogen and oxygen atoms in total. The highest BCUT2D eigenvalue weighted by molar-refractivity contribution is 5.79. The van der Waals surface area contributed by atoms with Gasteiger partial charge in [-0.2, -0.15) is 13.2 Å². The number of amides is 1. The van der Waals surface area contributed by atoms with Crippen molar-refractivity contribution in [2.24, 2.45) is 0 Å². The zero-order valence-corrected chi connectivity index (χ0v) is 13.7. The standard InChI is InChI=1S/C18H20F3N3O/c19-18(20,21)7-5-17(25)24(15-6-9-22-11-15)12-13-3-4-16-14(10-13)2-1-8-23-16/h1-4,8,10,15,22H,5-7,9,11-12H2/t15-/m0/s1. The summed E-state index contributed by atoms with van der Waals surface area (Å²) in [7, 11) is 0. The molecule has 0 bridgehead atoms. The molecule has 1 amide bonds. The number of nitrogens with one attached hydrogen (secondary N) is 1. The molecule has 0 saturated carbocycles. The van der Waals surface area contributed by atoms with Crippen LogP contribution in [-0.4, -0.2) is 41.1 Å². The smallest absolute Gasteiger partial charge is 0.334 e. The molecular weight excluding hydrogens is 331 g/mol. The monoisotopic (exact) mass is 351 g/mol. The Morgan fingerprint density at radius 2 is 2.16 bits per heavy atom. The van der Waals surface area contributed by atoms with Crippen LogP contribution in [0.2, 0.25) is 0 Å². The minimum Gasteiger partial charge on any atom is -0.334 e. The molecule has 1 aromatic carbocycles. The maximum Gasteiger partial charge on any atom is 0.389 e. The van der Waals surface area contributed by atoms with Gasteiger partial charge in [-0.3, -0.25) is 9.78 Å². The summed E-state index contributed by atoms with van der Waals surface area (Å²) in [5.74, 6) is -0.447. The lowest BCUT2D eigenvalue weighted by atomic mass is 10.1. The van der Waals surface area contributed by atoms with E-state index < -0.39 is 24.9 Å². The molecule has 0 radical (unpaired) electrons. The van der Waals surface area contributed by atoms with Gasteiger partial charge in [0.1, 0.15) is 0 Å². The average Bonchev–Trinajstić information content (AvgIpc) is 3.11. The Hall–Kier alpha value is -2.15. The van der Waals surface area contributed by atoms with E-state index in [0.29, 0.717) is 13.1 Å². The second-order valence-corrected chi connectivity index (χ2v) is 6.31. The van der Waals surface area contributed by atoms with Crippen LogP contribution in [0.4, 0.5) is 13.2 Å². The number of hydrogen-bond acceptors (Lipinski definition) is 3. The topological polar surface area (TPSA) is 45.2 Å². The number of fused-ring (bicyclic) bond motifs is 1.